The van der Waals surface area contributed by atoms with E-state index in [0.29, 0.717) is 5.56 Å². The average molecular weight is 242 g/mol. The Bertz CT molecular complexity index is 420. The molecule has 0 aliphatic heterocycles. The second-order valence-corrected chi connectivity index (χ2v) is 5.91. The molecule has 0 atom stereocenters. The van der Waals surface area contributed by atoms with Crippen LogP contribution in [0.3, 0.4) is 0 Å². The van der Waals surface area contributed by atoms with Crippen molar-refractivity contribution in [1.82, 2.24) is 0 Å². The number of alkyl halides is 3. The first kappa shape index (κ1) is 12.5. The van der Waals surface area contributed by atoms with Crippen molar-refractivity contribution in [2.75, 3.05) is 0 Å². The number of rotatable bonds is 1. The normalized spacial score (nSPS) is 19.2. The van der Waals surface area contributed by atoms with Crippen LogP contribution in [0.15, 0.2) is 24.3 Å². The second-order valence-electron chi connectivity index (χ2n) is 5.91. The van der Waals surface area contributed by atoms with Crippen LogP contribution in [-0.2, 0) is 10.8 Å². The van der Waals surface area contributed by atoms with Gasteiger partial charge in [-0.15, -0.1) is 0 Å². The molecule has 0 unspecified atom stereocenters. The Morgan fingerprint density at radius 2 is 1.65 bits per heavy atom. The van der Waals surface area contributed by atoms with Crippen LogP contribution in [0.25, 0.3) is 0 Å². The van der Waals surface area contributed by atoms with Crippen molar-refractivity contribution < 1.29 is 13.2 Å². The molecule has 0 aromatic heterocycles. The lowest BCUT2D eigenvalue weighted by molar-refractivity contribution is -0.160. The Morgan fingerprint density at radius 1 is 1.06 bits per heavy atom. The molecular weight excluding hydrogens is 225 g/mol. The van der Waals surface area contributed by atoms with Gasteiger partial charge in [-0.05, 0) is 29.4 Å². The van der Waals surface area contributed by atoms with E-state index in [1.807, 2.05) is 26.8 Å². The zero-order chi connectivity index (χ0) is 12.9. The number of hydrogen-bond donors (Lipinski definition) is 0. The van der Waals surface area contributed by atoms with Gasteiger partial charge >= 0.3 is 6.18 Å². The summed E-state index contributed by atoms with van der Waals surface area (Å²) in [4.78, 5) is 0. The van der Waals surface area contributed by atoms with Crippen LogP contribution < -0.4 is 0 Å². The van der Waals surface area contributed by atoms with E-state index in [4.69, 9.17) is 0 Å². The van der Waals surface area contributed by atoms with E-state index in [-0.39, 0.29) is 18.3 Å². The molecule has 1 aliphatic carbocycles. The Hall–Kier alpha value is -0.990. The first-order valence-corrected chi connectivity index (χ1v) is 5.85. The van der Waals surface area contributed by atoms with Crippen LogP contribution in [0.5, 0.6) is 0 Å². The van der Waals surface area contributed by atoms with Crippen LogP contribution in [0.2, 0.25) is 0 Å². The van der Waals surface area contributed by atoms with Gasteiger partial charge in [-0.3, -0.25) is 0 Å². The van der Waals surface area contributed by atoms with Crippen molar-refractivity contribution in [3.8, 4) is 0 Å². The molecule has 1 aromatic carbocycles. The van der Waals surface area contributed by atoms with E-state index >= 15 is 0 Å². The summed E-state index contributed by atoms with van der Waals surface area (Å²) < 4.78 is 39.0. The molecule has 0 bridgehead atoms. The maximum absolute atomic E-state index is 13.0. The molecule has 1 aliphatic rings. The molecule has 0 N–H and O–H groups in total. The lowest BCUT2D eigenvalue weighted by Gasteiger charge is -2.24. The molecule has 0 amide bonds. The van der Waals surface area contributed by atoms with Crippen molar-refractivity contribution in [2.45, 2.75) is 50.6 Å². The molecule has 0 radical (unpaired) electrons. The molecule has 94 valence electrons. The predicted molar refractivity (Wildman–Crippen MR) is 62.1 cm³/mol. The summed E-state index contributed by atoms with van der Waals surface area (Å²) in [6.07, 6.45) is -3.67. The fourth-order valence-electron chi connectivity index (χ4n) is 2.14. The monoisotopic (exact) mass is 242 g/mol. The maximum atomic E-state index is 13.0. The molecule has 2 rings (SSSR count). The summed E-state index contributed by atoms with van der Waals surface area (Å²) in [7, 11) is 0. The van der Waals surface area contributed by atoms with Crippen molar-refractivity contribution in [3.63, 3.8) is 0 Å². The highest BCUT2D eigenvalue weighted by Gasteiger charge is 2.64. The van der Waals surface area contributed by atoms with E-state index < -0.39 is 11.6 Å². The van der Waals surface area contributed by atoms with E-state index in [1.54, 1.807) is 18.2 Å². The lowest BCUT2D eigenvalue weighted by atomic mass is 9.83. The first-order valence-electron chi connectivity index (χ1n) is 5.85. The van der Waals surface area contributed by atoms with Gasteiger partial charge in [0.1, 0.15) is 0 Å². The molecule has 1 fully saturated rings. The number of benzene rings is 1. The van der Waals surface area contributed by atoms with Crippen LogP contribution in [0.1, 0.15) is 44.7 Å². The SMILES string of the molecule is CC(C)(C)c1cccc(C2(C(F)(F)F)CC2)c1. The molecule has 3 heteroatoms. The van der Waals surface area contributed by atoms with Crippen LogP contribution in [0, 0.1) is 0 Å². The summed E-state index contributed by atoms with van der Waals surface area (Å²) in [5.41, 5.74) is -0.283. The van der Waals surface area contributed by atoms with Gasteiger partial charge in [0.2, 0.25) is 0 Å². The quantitative estimate of drug-likeness (QED) is 0.676. The van der Waals surface area contributed by atoms with Gasteiger partial charge in [0, 0.05) is 0 Å². The summed E-state index contributed by atoms with van der Waals surface area (Å²) in [6, 6.07) is 6.97. The van der Waals surface area contributed by atoms with Crippen LogP contribution >= 0.6 is 0 Å². The number of hydrogen-bond acceptors (Lipinski definition) is 0. The largest absolute Gasteiger partial charge is 0.398 e. The highest BCUT2D eigenvalue weighted by atomic mass is 19.4. The van der Waals surface area contributed by atoms with Crippen LogP contribution in [0.4, 0.5) is 13.2 Å². The zero-order valence-corrected chi connectivity index (χ0v) is 10.4. The molecule has 0 heterocycles. The van der Waals surface area contributed by atoms with Gasteiger partial charge in [-0.1, -0.05) is 45.0 Å². The summed E-state index contributed by atoms with van der Waals surface area (Å²) in [6.45, 7) is 6.04. The van der Waals surface area contributed by atoms with Crippen molar-refractivity contribution in [2.24, 2.45) is 0 Å². The van der Waals surface area contributed by atoms with Crippen LogP contribution in [-0.4, -0.2) is 6.18 Å². The predicted octanol–water partition coefficient (Wildman–Crippen LogP) is 4.58. The summed E-state index contributed by atoms with van der Waals surface area (Å²) >= 11 is 0. The molecule has 0 spiro atoms. The van der Waals surface area contributed by atoms with Gasteiger partial charge in [0.05, 0.1) is 5.41 Å². The van der Waals surface area contributed by atoms with Crippen molar-refractivity contribution >= 4 is 0 Å². The van der Waals surface area contributed by atoms with E-state index in [0.717, 1.165) is 5.56 Å². The Balaban J connectivity index is 2.42. The van der Waals surface area contributed by atoms with Gasteiger partial charge in [0.15, 0.2) is 0 Å². The lowest BCUT2D eigenvalue weighted by Crippen LogP contribution is -2.29. The Morgan fingerprint density at radius 3 is 2.06 bits per heavy atom. The topological polar surface area (TPSA) is 0 Å². The summed E-state index contributed by atoms with van der Waals surface area (Å²) in [5.74, 6) is 0. The molecular formula is C14H17F3. The molecule has 17 heavy (non-hydrogen) atoms. The standard InChI is InChI=1S/C14H17F3/c1-12(2,3)10-5-4-6-11(9-10)13(7-8-13)14(15,16)17/h4-6,9H,7-8H2,1-3H3. The van der Waals surface area contributed by atoms with Gasteiger partial charge < -0.3 is 0 Å². The van der Waals surface area contributed by atoms with Crippen molar-refractivity contribution in [3.05, 3.63) is 35.4 Å². The second kappa shape index (κ2) is 3.50. The molecule has 1 saturated carbocycles. The minimum Gasteiger partial charge on any atom is -0.170 e. The Kier molecular flexibility index (Phi) is 2.57. The third-order valence-electron chi connectivity index (χ3n) is 3.57. The van der Waals surface area contributed by atoms with E-state index in [2.05, 4.69) is 0 Å². The molecule has 0 saturated heterocycles. The Labute approximate surface area is 99.8 Å². The van der Waals surface area contributed by atoms with Crippen molar-refractivity contribution in [1.29, 1.82) is 0 Å². The van der Waals surface area contributed by atoms with Gasteiger partial charge in [-0.25, -0.2) is 0 Å². The first-order chi connectivity index (χ1) is 7.67. The highest BCUT2D eigenvalue weighted by Crippen LogP contribution is 2.59. The van der Waals surface area contributed by atoms with E-state index in [1.165, 1.54) is 0 Å². The van der Waals surface area contributed by atoms with Gasteiger partial charge in [0.25, 0.3) is 0 Å². The number of halogens is 3. The molecule has 0 nitrogen and oxygen atoms in total. The van der Waals surface area contributed by atoms with Gasteiger partial charge in [-0.2, -0.15) is 13.2 Å². The fraction of sp³-hybridized carbons (Fsp3) is 0.571. The minimum absolute atomic E-state index is 0.113. The summed E-state index contributed by atoms with van der Waals surface area (Å²) in [5, 5.41) is 0. The minimum atomic E-state index is -4.12. The smallest absolute Gasteiger partial charge is 0.170 e. The zero-order valence-electron chi connectivity index (χ0n) is 10.4. The van der Waals surface area contributed by atoms with E-state index in [9.17, 15) is 13.2 Å². The maximum Gasteiger partial charge on any atom is 0.398 e. The average Bonchev–Trinajstić information content (AvgIpc) is 2.96. The third kappa shape index (κ3) is 2.07. The third-order valence-corrected chi connectivity index (χ3v) is 3.57. The molecule has 1 aromatic rings. The fourth-order valence-corrected chi connectivity index (χ4v) is 2.14. The highest BCUT2D eigenvalue weighted by molar-refractivity contribution is 5.38.